The summed E-state index contributed by atoms with van der Waals surface area (Å²) in [6.07, 6.45) is 1.35. The normalized spacial score (nSPS) is 19.5. The molecule has 1 fully saturated rings. The maximum atomic E-state index is 11.9. The Kier molecular flexibility index (Phi) is 6.42. The quantitative estimate of drug-likeness (QED) is 0.433. The van der Waals surface area contributed by atoms with Crippen molar-refractivity contribution in [2.24, 2.45) is 11.7 Å². The zero-order chi connectivity index (χ0) is 21.9. The molecule has 160 valence electrons. The maximum Gasteiger partial charge on any atom is 0.304 e. The van der Waals surface area contributed by atoms with Crippen LogP contribution < -0.4 is 10.5 Å². The molecule has 0 radical (unpaired) electrons. The second-order valence-corrected chi connectivity index (χ2v) is 9.45. The Morgan fingerprint density at radius 3 is 2.23 bits per heavy atom. The van der Waals surface area contributed by atoms with Crippen molar-refractivity contribution in [3.8, 4) is 16.9 Å². The summed E-state index contributed by atoms with van der Waals surface area (Å²) in [6, 6.07) is 14.4. The third-order valence-electron chi connectivity index (χ3n) is 5.16. The molecule has 30 heavy (non-hydrogen) atoms. The van der Waals surface area contributed by atoms with Crippen molar-refractivity contribution < 1.29 is 23.1 Å². The van der Waals surface area contributed by atoms with Crippen LogP contribution in [0.3, 0.4) is 0 Å². The zero-order valence-electron chi connectivity index (χ0n) is 16.6. The lowest BCUT2D eigenvalue weighted by Gasteiger charge is -2.20. The third-order valence-corrected chi connectivity index (χ3v) is 6.46. The highest BCUT2D eigenvalue weighted by Crippen LogP contribution is 2.29. The number of carbonyl (C=O) groups is 1. The van der Waals surface area contributed by atoms with Crippen LogP contribution in [0.1, 0.15) is 18.4 Å². The van der Waals surface area contributed by atoms with Gasteiger partial charge in [0.25, 0.3) is 0 Å². The molecule has 1 saturated heterocycles. The van der Waals surface area contributed by atoms with Crippen LogP contribution >= 0.6 is 0 Å². The lowest BCUT2D eigenvalue weighted by Crippen LogP contribution is -2.36. The number of nitrogens with one attached hydrogen (secondary N) is 1. The van der Waals surface area contributed by atoms with Crippen LogP contribution in [-0.4, -0.2) is 55.1 Å². The fourth-order valence-electron chi connectivity index (χ4n) is 3.69. The third kappa shape index (κ3) is 5.37. The fraction of sp³-hybridized carbons (Fsp3) is 0.333. The number of sulfonamides is 1. The van der Waals surface area contributed by atoms with E-state index in [0.29, 0.717) is 24.3 Å². The van der Waals surface area contributed by atoms with Crippen molar-refractivity contribution in [2.75, 3.05) is 19.4 Å². The second-order valence-electron chi connectivity index (χ2n) is 7.51. The molecule has 2 atom stereocenters. The Hall–Kier alpha value is -2.91. The number of hydrogen-bond acceptors (Lipinski definition) is 5. The molecule has 3 rings (SSSR count). The lowest BCUT2D eigenvalue weighted by atomic mass is 10.0. The van der Waals surface area contributed by atoms with Gasteiger partial charge in [-0.1, -0.05) is 36.4 Å². The Morgan fingerprint density at radius 2 is 1.73 bits per heavy atom. The monoisotopic (exact) mass is 431 g/mol. The Morgan fingerprint density at radius 1 is 1.17 bits per heavy atom. The van der Waals surface area contributed by atoms with Crippen LogP contribution in [0.15, 0.2) is 48.5 Å². The highest BCUT2D eigenvalue weighted by molar-refractivity contribution is 7.88. The van der Waals surface area contributed by atoms with Gasteiger partial charge in [-0.2, -0.15) is 4.31 Å². The van der Waals surface area contributed by atoms with Gasteiger partial charge in [-0.25, -0.2) is 8.42 Å². The van der Waals surface area contributed by atoms with Gasteiger partial charge in [-0.05, 0) is 29.7 Å². The summed E-state index contributed by atoms with van der Waals surface area (Å²) in [4.78, 5) is 11.0. The van der Waals surface area contributed by atoms with Gasteiger partial charge in [0, 0.05) is 24.1 Å². The molecule has 2 aromatic rings. The van der Waals surface area contributed by atoms with Gasteiger partial charge in [0.1, 0.15) is 11.6 Å². The van der Waals surface area contributed by atoms with E-state index in [1.165, 1.54) is 4.31 Å². The zero-order valence-corrected chi connectivity index (χ0v) is 17.4. The average molecular weight is 432 g/mol. The summed E-state index contributed by atoms with van der Waals surface area (Å²) in [5, 5.41) is 16.5. The first-order chi connectivity index (χ1) is 14.1. The number of aliphatic carboxylic acids is 1. The van der Waals surface area contributed by atoms with E-state index in [1.54, 1.807) is 12.1 Å². The molecule has 8 nitrogen and oxygen atoms in total. The standard InChI is InChI=1S/C21H25N3O5S/c1-30(27,28)24-12-14(10-18(24)11-20(25)26)13-29-19-8-6-16(7-9-19)15-2-4-17(5-3-15)21(22)23/h2-9,14,18H,10-13H2,1H3,(H3,22,23)(H,25,26)/t14-,18+/m1/s1. The minimum Gasteiger partial charge on any atom is -0.493 e. The van der Waals surface area contributed by atoms with Crippen molar-refractivity contribution in [3.05, 3.63) is 54.1 Å². The molecule has 0 unspecified atom stereocenters. The number of hydrogen-bond donors (Lipinski definition) is 3. The summed E-state index contributed by atoms with van der Waals surface area (Å²) < 4.78 is 31.0. The van der Waals surface area contributed by atoms with Crippen molar-refractivity contribution >= 4 is 21.8 Å². The fourth-order valence-corrected chi connectivity index (χ4v) is 4.88. The van der Waals surface area contributed by atoms with Crippen LogP contribution in [-0.2, 0) is 14.8 Å². The molecule has 4 N–H and O–H groups in total. The SMILES string of the molecule is CS(=O)(=O)N1C[C@H](COc2ccc(-c3ccc(C(=N)N)cc3)cc2)C[C@H]1CC(=O)O. The van der Waals surface area contributed by atoms with Crippen LogP contribution in [0.5, 0.6) is 5.75 Å². The van der Waals surface area contributed by atoms with Gasteiger partial charge in [0.2, 0.25) is 10.0 Å². The molecule has 0 spiro atoms. The second kappa shape index (κ2) is 8.85. The number of ether oxygens (including phenoxy) is 1. The number of nitrogens with two attached hydrogens (primary N) is 1. The van der Waals surface area contributed by atoms with Crippen LogP contribution in [0.25, 0.3) is 11.1 Å². The first-order valence-corrected chi connectivity index (χ1v) is 11.3. The van der Waals surface area contributed by atoms with Crippen LogP contribution in [0.4, 0.5) is 0 Å². The minimum absolute atomic E-state index is 0.0252. The number of carboxylic acids is 1. The minimum atomic E-state index is -3.46. The van der Waals surface area contributed by atoms with E-state index in [0.717, 1.165) is 17.4 Å². The molecule has 9 heteroatoms. The van der Waals surface area contributed by atoms with E-state index in [4.69, 9.17) is 21.0 Å². The smallest absolute Gasteiger partial charge is 0.304 e. The molecule has 0 aromatic heterocycles. The van der Waals surface area contributed by atoms with E-state index < -0.39 is 22.0 Å². The van der Waals surface area contributed by atoms with Crippen molar-refractivity contribution in [3.63, 3.8) is 0 Å². The summed E-state index contributed by atoms with van der Waals surface area (Å²) in [7, 11) is -3.46. The molecule has 0 bridgehead atoms. The number of amidine groups is 1. The molecular formula is C21H25N3O5S. The molecule has 0 saturated carbocycles. The molecule has 1 aliphatic heterocycles. The first-order valence-electron chi connectivity index (χ1n) is 9.50. The van der Waals surface area contributed by atoms with Crippen LogP contribution in [0.2, 0.25) is 0 Å². The van der Waals surface area contributed by atoms with E-state index in [1.807, 2.05) is 36.4 Å². The number of nitrogen functional groups attached to an aromatic ring is 1. The molecular weight excluding hydrogens is 406 g/mol. The number of carboxylic acid groups (broad SMARTS) is 1. The van der Waals surface area contributed by atoms with Gasteiger partial charge in [-0.15, -0.1) is 0 Å². The van der Waals surface area contributed by atoms with E-state index in [9.17, 15) is 13.2 Å². The summed E-state index contributed by atoms with van der Waals surface area (Å²) >= 11 is 0. The summed E-state index contributed by atoms with van der Waals surface area (Å²) in [5.41, 5.74) is 8.12. The van der Waals surface area contributed by atoms with Crippen LogP contribution in [0, 0.1) is 11.3 Å². The summed E-state index contributed by atoms with van der Waals surface area (Å²) in [5.74, 6) is -0.394. The van der Waals surface area contributed by atoms with Crippen molar-refractivity contribution in [1.82, 2.24) is 4.31 Å². The number of rotatable bonds is 8. The van der Waals surface area contributed by atoms with Gasteiger partial charge in [-0.3, -0.25) is 10.2 Å². The van der Waals surface area contributed by atoms with E-state index in [-0.39, 0.29) is 24.7 Å². The van der Waals surface area contributed by atoms with E-state index in [2.05, 4.69) is 0 Å². The van der Waals surface area contributed by atoms with Gasteiger partial charge >= 0.3 is 5.97 Å². The Balaban J connectivity index is 1.61. The summed E-state index contributed by atoms with van der Waals surface area (Å²) in [6.45, 7) is 0.576. The van der Waals surface area contributed by atoms with E-state index >= 15 is 0 Å². The number of benzene rings is 2. The molecule has 1 heterocycles. The molecule has 2 aromatic carbocycles. The predicted molar refractivity (Wildman–Crippen MR) is 114 cm³/mol. The number of nitrogens with zero attached hydrogens (tertiary/aromatic N) is 1. The Labute approximate surface area is 175 Å². The first kappa shape index (κ1) is 21.8. The largest absolute Gasteiger partial charge is 0.493 e. The lowest BCUT2D eigenvalue weighted by molar-refractivity contribution is -0.137. The molecule has 1 aliphatic rings. The molecule has 0 aliphatic carbocycles. The predicted octanol–water partition coefficient (Wildman–Crippen LogP) is 2.14. The highest BCUT2D eigenvalue weighted by Gasteiger charge is 2.38. The topological polar surface area (TPSA) is 134 Å². The van der Waals surface area contributed by atoms with Gasteiger partial charge in [0.15, 0.2) is 0 Å². The molecule has 0 amide bonds. The van der Waals surface area contributed by atoms with Crippen molar-refractivity contribution in [2.45, 2.75) is 18.9 Å². The highest BCUT2D eigenvalue weighted by atomic mass is 32.2. The van der Waals surface area contributed by atoms with Gasteiger partial charge < -0.3 is 15.6 Å². The Bertz CT molecular complexity index is 1020. The van der Waals surface area contributed by atoms with Crippen molar-refractivity contribution in [1.29, 1.82) is 5.41 Å². The van der Waals surface area contributed by atoms with Gasteiger partial charge in [0.05, 0.1) is 19.3 Å². The average Bonchev–Trinajstić information content (AvgIpc) is 3.09. The maximum absolute atomic E-state index is 11.9.